The first-order valence-electron chi connectivity index (χ1n) is 8.19. The van der Waals surface area contributed by atoms with Crippen LogP contribution in [0.3, 0.4) is 0 Å². The van der Waals surface area contributed by atoms with Crippen LogP contribution in [0.2, 0.25) is 0 Å². The molecule has 0 heterocycles. The quantitative estimate of drug-likeness (QED) is 0.250. The number of halogens is 1. The van der Waals surface area contributed by atoms with Gasteiger partial charge in [-0.25, -0.2) is 5.43 Å². The summed E-state index contributed by atoms with van der Waals surface area (Å²) in [5.74, 6) is 0. The molecular formula is C20H23ClN4. The van der Waals surface area contributed by atoms with E-state index in [-0.39, 0.29) is 5.71 Å². The number of benzene rings is 2. The van der Waals surface area contributed by atoms with Crippen LogP contribution in [0.15, 0.2) is 77.5 Å². The van der Waals surface area contributed by atoms with Crippen molar-refractivity contribution in [2.75, 3.05) is 6.54 Å². The second-order valence-electron chi connectivity index (χ2n) is 5.43. The molecule has 2 aromatic rings. The van der Waals surface area contributed by atoms with Crippen LogP contribution in [-0.4, -0.2) is 12.3 Å². The van der Waals surface area contributed by atoms with Crippen LogP contribution in [0.4, 0.5) is 0 Å². The van der Waals surface area contributed by atoms with E-state index in [1.807, 2.05) is 60.7 Å². The molecule has 5 N–H and O–H groups in total. The maximum absolute atomic E-state index is 8.47. The lowest BCUT2D eigenvalue weighted by Gasteiger charge is -2.17. The zero-order valence-corrected chi connectivity index (χ0v) is 15.0. The van der Waals surface area contributed by atoms with E-state index in [0.717, 1.165) is 24.1 Å². The summed E-state index contributed by atoms with van der Waals surface area (Å²) < 4.78 is 0. The maximum atomic E-state index is 8.47. The summed E-state index contributed by atoms with van der Waals surface area (Å²) in [7, 11) is 0. The minimum Gasteiger partial charge on any atom is -0.404 e. The van der Waals surface area contributed by atoms with E-state index in [1.165, 1.54) is 6.20 Å². The minimum atomic E-state index is 0.277. The lowest BCUT2D eigenvalue weighted by Crippen LogP contribution is -2.31. The fraction of sp³-hybridized carbons (Fsp3) is 0.150. The largest absolute Gasteiger partial charge is 0.404 e. The van der Waals surface area contributed by atoms with Crippen LogP contribution in [0.1, 0.15) is 24.5 Å². The molecule has 0 aliphatic heterocycles. The Labute approximate surface area is 153 Å². The Balaban J connectivity index is 2.42. The third-order valence-corrected chi connectivity index (χ3v) is 4.00. The lowest BCUT2D eigenvalue weighted by molar-refractivity contribution is 0.628. The van der Waals surface area contributed by atoms with E-state index >= 15 is 0 Å². The van der Waals surface area contributed by atoms with Gasteiger partial charge in [0.15, 0.2) is 0 Å². The third kappa shape index (κ3) is 4.95. The monoisotopic (exact) mass is 354 g/mol. The molecule has 0 saturated carbocycles. The number of hydrazine groups is 1. The molecule has 0 fully saturated rings. The summed E-state index contributed by atoms with van der Waals surface area (Å²) in [6.45, 7) is 2.87. The van der Waals surface area contributed by atoms with Crippen LogP contribution >= 0.6 is 11.6 Å². The minimum absolute atomic E-state index is 0.277. The van der Waals surface area contributed by atoms with Gasteiger partial charge in [-0.3, -0.25) is 5.41 Å². The second-order valence-corrected chi connectivity index (χ2v) is 5.81. The molecule has 0 spiro atoms. The SMILES string of the molecule is CCCNN/C(=C(Cl)\C(=C/N)C(=N)c1ccccc1)c1ccccc1. The zero-order chi connectivity index (χ0) is 18.1. The van der Waals surface area contributed by atoms with Crippen LogP contribution in [-0.2, 0) is 0 Å². The normalized spacial score (nSPS) is 12.5. The van der Waals surface area contributed by atoms with Gasteiger partial charge in [0.1, 0.15) is 0 Å². The van der Waals surface area contributed by atoms with Gasteiger partial charge in [-0.2, -0.15) is 0 Å². The molecular weight excluding hydrogens is 332 g/mol. The topological polar surface area (TPSA) is 73.9 Å². The summed E-state index contributed by atoms with van der Waals surface area (Å²) in [6, 6.07) is 19.1. The van der Waals surface area contributed by atoms with E-state index in [9.17, 15) is 0 Å². The predicted molar refractivity (Wildman–Crippen MR) is 106 cm³/mol. The third-order valence-electron chi connectivity index (χ3n) is 3.61. The Kier molecular flexibility index (Phi) is 7.26. The van der Waals surface area contributed by atoms with Crippen molar-refractivity contribution in [2.24, 2.45) is 5.73 Å². The molecule has 0 saturated heterocycles. The van der Waals surface area contributed by atoms with E-state index in [2.05, 4.69) is 17.8 Å². The Morgan fingerprint density at radius 3 is 2.12 bits per heavy atom. The highest BCUT2D eigenvalue weighted by molar-refractivity contribution is 6.39. The average molecular weight is 355 g/mol. The van der Waals surface area contributed by atoms with E-state index in [4.69, 9.17) is 22.7 Å². The number of hydrogen-bond acceptors (Lipinski definition) is 4. The van der Waals surface area contributed by atoms with Crippen molar-refractivity contribution >= 4 is 23.0 Å². The first-order valence-corrected chi connectivity index (χ1v) is 8.57. The smallest absolute Gasteiger partial charge is 0.0765 e. The highest BCUT2D eigenvalue weighted by Gasteiger charge is 2.16. The highest BCUT2D eigenvalue weighted by Crippen LogP contribution is 2.26. The van der Waals surface area contributed by atoms with Crippen molar-refractivity contribution in [1.82, 2.24) is 10.9 Å². The van der Waals surface area contributed by atoms with Crippen molar-refractivity contribution in [3.8, 4) is 0 Å². The maximum Gasteiger partial charge on any atom is 0.0765 e. The van der Waals surface area contributed by atoms with Gasteiger partial charge >= 0.3 is 0 Å². The summed E-state index contributed by atoms with van der Waals surface area (Å²) >= 11 is 6.66. The fourth-order valence-corrected chi connectivity index (χ4v) is 2.61. The molecule has 4 nitrogen and oxygen atoms in total. The average Bonchev–Trinajstić information content (AvgIpc) is 2.67. The molecule has 130 valence electrons. The van der Waals surface area contributed by atoms with Crippen molar-refractivity contribution in [3.63, 3.8) is 0 Å². The summed E-state index contributed by atoms with van der Waals surface area (Å²) in [5.41, 5.74) is 15.2. The number of hydrogen-bond donors (Lipinski definition) is 4. The summed E-state index contributed by atoms with van der Waals surface area (Å²) in [6.07, 6.45) is 2.36. The number of allylic oxidation sites excluding steroid dienone is 2. The first kappa shape index (κ1) is 18.8. The van der Waals surface area contributed by atoms with Crippen LogP contribution < -0.4 is 16.6 Å². The van der Waals surface area contributed by atoms with E-state index in [0.29, 0.717) is 16.3 Å². The Morgan fingerprint density at radius 2 is 1.60 bits per heavy atom. The van der Waals surface area contributed by atoms with Crippen molar-refractivity contribution < 1.29 is 0 Å². The lowest BCUT2D eigenvalue weighted by atomic mass is 10.0. The van der Waals surface area contributed by atoms with Gasteiger partial charge in [0.05, 0.1) is 16.4 Å². The van der Waals surface area contributed by atoms with Gasteiger partial charge in [-0.15, -0.1) is 0 Å². The zero-order valence-electron chi connectivity index (χ0n) is 14.2. The van der Waals surface area contributed by atoms with Crippen molar-refractivity contribution in [2.45, 2.75) is 13.3 Å². The van der Waals surface area contributed by atoms with Gasteiger partial charge in [0, 0.05) is 29.4 Å². The number of nitrogens with two attached hydrogens (primary N) is 1. The molecule has 2 aromatic carbocycles. The molecule has 0 unspecified atom stereocenters. The van der Waals surface area contributed by atoms with Crippen LogP contribution in [0.5, 0.6) is 0 Å². The molecule has 0 radical (unpaired) electrons. The molecule has 25 heavy (non-hydrogen) atoms. The van der Waals surface area contributed by atoms with Gasteiger partial charge in [0.2, 0.25) is 0 Å². The van der Waals surface area contributed by atoms with Crippen LogP contribution in [0, 0.1) is 5.41 Å². The van der Waals surface area contributed by atoms with Crippen molar-refractivity contribution in [3.05, 3.63) is 88.6 Å². The Hall–Kier alpha value is -2.56. The van der Waals surface area contributed by atoms with Gasteiger partial charge < -0.3 is 11.2 Å². The fourth-order valence-electron chi connectivity index (χ4n) is 2.30. The Bertz CT molecular complexity index is 752. The summed E-state index contributed by atoms with van der Waals surface area (Å²) in [4.78, 5) is 0. The molecule has 0 aliphatic carbocycles. The standard InChI is InChI=1S/C20H23ClN4/c1-2-13-24-25-20(16-11-7-4-8-12-16)18(21)17(14-22)19(23)15-9-5-3-6-10-15/h3-12,14,23-25H,2,13,22H2,1H3/b17-14+,20-18+,23-19?. The number of rotatable bonds is 8. The summed E-state index contributed by atoms with van der Waals surface area (Å²) in [5, 5.41) is 8.87. The first-order chi connectivity index (χ1) is 12.2. The molecule has 0 bridgehead atoms. The van der Waals surface area contributed by atoms with Gasteiger partial charge in [-0.05, 0) is 6.42 Å². The van der Waals surface area contributed by atoms with E-state index in [1.54, 1.807) is 0 Å². The predicted octanol–water partition coefficient (Wildman–Crippen LogP) is 4.01. The molecule has 0 aromatic heterocycles. The number of nitrogens with one attached hydrogen (secondary N) is 3. The van der Waals surface area contributed by atoms with Crippen molar-refractivity contribution in [1.29, 1.82) is 5.41 Å². The van der Waals surface area contributed by atoms with E-state index < -0.39 is 0 Å². The molecule has 2 rings (SSSR count). The molecule has 0 amide bonds. The molecule has 0 atom stereocenters. The second kappa shape index (κ2) is 9.67. The molecule has 0 aliphatic rings. The van der Waals surface area contributed by atoms with Gasteiger partial charge in [0.25, 0.3) is 0 Å². The highest BCUT2D eigenvalue weighted by atomic mass is 35.5. The van der Waals surface area contributed by atoms with Gasteiger partial charge in [-0.1, -0.05) is 79.2 Å². The molecule has 5 heteroatoms. The van der Waals surface area contributed by atoms with Crippen LogP contribution in [0.25, 0.3) is 5.70 Å². The Morgan fingerprint density at radius 1 is 1.04 bits per heavy atom.